The van der Waals surface area contributed by atoms with Crippen molar-refractivity contribution >= 4 is 69.3 Å². The van der Waals surface area contributed by atoms with Crippen LogP contribution in [0.5, 0.6) is 0 Å². The Labute approximate surface area is 216 Å². The zero-order valence-corrected chi connectivity index (χ0v) is 20.5. The SMILES string of the molecule is Nc1nc(/C(=N/OCC(=O)O)C(=O)NC2C(=O)N3C(C(=O)[O-])=C(C[n+]4ccccc4)CS[C@H]23)c(Cl)s1. The van der Waals surface area contributed by atoms with Gasteiger partial charge in [0.15, 0.2) is 29.8 Å². The van der Waals surface area contributed by atoms with Crippen LogP contribution in [0.3, 0.4) is 0 Å². The third-order valence-electron chi connectivity index (χ3n) is 5.06. The summed E-state index contributed by atoms with van der Waals surface area (Å²) in [4.78, 5) is 58.3. The van der Waals surface area contributed by atoms with Gasteiger partial charge in [-0.3, -0.25) is 14.5 Å². The van der Waals surface area contributed by atoms with E-state index < -0.39 is 47.5 Å². The Hall–Kier alpha value is -3.69. The molecular weight excluding hydrogens is 536 g/mol. The number of aliphatic carboxylic acids is 2. The van der Waals surface area contributed by atoms with Crippen molar-refractivity contribution in [1.29, 1.82) is 0 Å². The quantitative estimate of drug-likeness (QED) is 0.144. The van der Waals surface area contributed by atoms with Crippen molar-refractivity contribution in [3.05, 3.63) is 51.9 Å². The maximum Gasteiger partial charge on any atom is 0.344 e. The molecule has 2 aliphatic rings. The summed E-state index contributed by atoms with van der Waals surface area (Å²) in [6.07, 6.45) is 3.53. The van der Waals surface area contributed by atoms with E-state index in [0.717, 1.165) is 16.2 Å². The number of thiazole rings is 1. The standard InChI is InChI=1S/C20H17ClN6O7S2/c21-15-11(24-20(22)36-15)12(25-34-7-10(28)29)16(30)23-13-17(31)27-14(19(32)33)9(8-35-18(13)27)6-26-4-2-1-3-5-26/h1-5,13,18H,6-8H2,(H4-,22,23,24,28,29,30,32,33)/b25-12-/t13?,18-/m1/s1. The highest BCUT2D eigenvalue weighted by atomic mass is 35.5. The lowest BCUT2D eigenvalue weighted by molar-refractivity contribution is -0.689. The van der Waals surface area contributed by atoms with Crippen LogP contribution < -0.4 is 20.7 Å². The predicted molar refractivity (Wildman–Crippen MR) is 125 cm³/mol. The number of anilines is 1. The van der Waals surface area contributed by atoms with Gasteiger partial charge in [-0.1, -0.05) is 34.2 Å². The van der Waals surface area contributed by atoms with Crippen LogP contribution in [-0.4, -0.2) is 68.2 Å². The van der Waals surface area contributed by atoms with E-state index in [1.807, 2.05) is 6.07 Å². The van der Waals surface area contributed by atoms with Crippen LogP contribution in [0.2, 0.25) is 4.34 Å². The largest absolute Gasteiger partial charge is 0.543 e. The number of hydrogen-bond acceptors (Lipinski definition) is 11. The number of nitrogens with two attached hydrogens (primary N) is 1. The normalized spacial score (nSPS) is 19.4. The lowest BCUT2D eigenvalue weighted by Gasteiger charge is -2.50. The van der Waals surface area contributed by atoms with Gasteiger partial charge in [0, 0.05) is 23.5 Å². The highest BCUT2D eigenvalue weighted by Gasteiger charge is 2.53. The minimum atomic E-state index is -1.50. The van der Waals surface area contributed by atoms with E-state index in [1.54, 1.807) is 29.1 Å². The molecule has 2 atom stereocenters. The number of nitrogens with zero attached hydrogens (tertiary/aromatic N) is 4. The molecule has 2 aromatic heterocycles. The number of pyridine rings is 1. The van der Waals surface area contributed by atoms with Gasteiger partial charge < -0.3 is 30.9 Å². The van der Waals surface area contributed by atoms with E-state index in [4.69, 9.17) is 22.4 Å². The van der Waals surface area contributed by atoms with E-state index in [0.29, 0.717) is 5.57 Å². The van der Waals surface area contributed by atoms with Crippen molar-refractivity contribution in [3.63, 3.8) is 0 Å². The van der Waals surface area contributed by atoms with E-state index in [9.17, 15) is 24.3 Å². The first kappa shape index (κ1) is 25.4. The number of oxime groups is 1. The summed E-state index contributed by atoms with van der Waals surface area (Å²) in [5.74, 6) is -4.15. The van der Waals surface area contributed by atoms with Crippen LogP contribution in [0.1, 0.15) is 5.69 Å². The van der Waals surface area contributed by atoms with E-state index in [1.165, 1.54) is 11.8 Å². The summed E-state index contributed by atoms with van der Waals surface area (Å²) in [5, 5.41) is 26.0. The van der Waals surface area contributed by atoms with Gasteiger partial charge in [-0.05, 0) is 0 Å². The number of nitrogen functional groups attached to an aromatic ring is 1. The third kappa shape index (κ3) is 5.12. The van der Waals surface area contributed by atoms with E-state index >= 15 is 0 Å². The lowest BCUT2D eigenvalue weighted by Crippen LogP contribution is -2.71. The first-order valence-corrected chi connectivity index (χ1v) is 12.4. The number of β-lactam (4-membered cyclic amide) rings is 1. The maximum absolute atomic E-state index is 13.0. The molecule has 4 heterocycles. The van der Waals surface area contributed by atoms with Crippen LogP contribution in [0.15, 0.2) is 47.0 Å². The molecule has 0 aromatic carbocycles. The second-order valence-electron chi connectivity index (χ2n) is 7.43. The van der Waals surface area contributed by atoms with Gasteiger partial charge in [0.05, 0.1) is 11.7 Å². The third-order valence-corrected chi connectivity index (χ3v) is 7.49. The number of carbonyl (C=O) groups is 4. The topological polar surface area (TPSA) is 191 Å². The number of aromatic nitrogens is 2. The van der Waals surface area contributed by atoms with Crippen LogP contribution >= 0.6 is 34.7 Å². The monoisotopic (exact) mass is 552 g/mol. The lowest BCUT2D eigenvalue weighted by atomic mass is 10.0. The summed E-state index contributed by atoms with van der Waals surface area (Å²) >= 11 is 8.20. The number of carbonyl (C=O) groups excluding carboxylic acids is 3. The molecule has 1 saturated heterocycles. The number of carboxylic acid groups (broad SMARTS) is 2. The molecule has 13 nitrogen and oxygen atoms in total. The number of rotatable bonds is 9. The van der Waals surface area contributed by atoms with E-state index in [2.05, 4.69) is 20.3 Å². The summed E-state index contributed by atoms with van der Waals surface area (Å²) in [7, 11) is 0. The molecule has 0 spiro atoms. The van der Waals surface area contributed by atoms with Gasteiger partial charge in [-0.15, -0.1) is 11.8 Å². The molecule has 2 amide bonds. The van der Waals surface area contributed by atoms with Crippen molar-refractivity contribution in [3.8, 4) is 0 Å². The Morgan fingerprint density at radius 1 is 1.36 bits per heavy atom. The molecule has 2 aromatic rings. The van der Waals surface area contributed by atoms with Crippen LogP contribution in [0, 0.1) is 0 Å². The average molecular weight is 553 g/mol. The fourth-order valence-electron chi connectivity index (χ4n) is 3.57. The second kappa shape index (κ2) is 10.5. The summed E-state index contributed by atoms with van der Waals surface area (Å²) in [6.45, 7) is -0.600. The molecule has 4 N–H and O–H groups in total. The fraction of sp³-hybridized carbons (Fsp3) is 0.250. The molecule has 4 rings (SSSR count). The molecule has 0 bridgehead atoms. The van der Waals surface area contributed by atoms with Gasteiger partial charge >= 0.3 is 5.97 Å². The molecule has 0 radical (unpaired) electrons. The zero-order valence-electron chi connectivity index (χ0n) is 18.1. The Kier molecular flexibility index (Phi) is 7.42. The van der Waals surface area contributed by atoms with Crippen molar-refractivity contribution in [1.82, 2.24) is 15.2 Å². The van der Waals surface area contributed by atoms with Crippen molar-refractivity contribution < 1.29 is 38.8 Å². The number of thioether (sulfide) groups is 1. The zero-order chi connectivity index (χ0) is 26.0. The number of amides is 2. The first-order chi connectivity index (χ1) is 17.2. The highest BCUT2D eigenvalue weighted by molar-refractivity contribution is 8.00. The number of nitrogens with one attached hydrogen (secondary N) is 1. The average Bonchev–Trinajstić information content (AvgIpc) is 3.17. The van der Waals surface area contributed by atoms with Gasteiger partial charge in [0.25, 0.3) is 11.8 Å². The summed E-state index contributed by atoms with van der Waals surface area (Å²) < 4.78 is 1.77. The van der Waals surface area contributed by atoms with E-state index in [-0.39, 0.29) is 33.2 Å². The summed E-state index contributed by atoms with van der Waals surface area (Å²) in [6, 6.07) is 4.31. The minimum absolute atomic E-state index is 0.000783. The smallest absolute Gasteiger partial charge is 0.344 e. The van der Waals surface area contributed by atoms with Crippen molar-refractivity contribution in [2.45, 2.75) is 18.0 Å². The molecule has 2 aliphatic heterocycles. The number of fused-ring (bicyclic) bond motifs is 1. The van der Waals surface area contributed by atoms with Crippen molar-refractivity contribution in [2.24, 2.45) is 5.16 Å². The Morgan fingerprint density at radius 3 is 2.69 bits per heavy atom. The molecule has 16 heteroatoms. The molecule has 188 valence electrons. The van der Waals surface area contributed by atoms with Gasteiger partial charge in [0.2, 0.25) is 6.61 Å². The van der Waals surface area contributed by atoms with Crippen LogP contribution in [0.25, 0.3) is 0 Å². The highest BCUT2D eigenvalue weighted by Crippen LogP contribution is 2.40. The summed E-state index contributed by atoms with van der Waals surface area (Å²) in [5.41, 5.74) is 5.23. The Morgan fingerprint density at radius 2 is 2.08 bits per heavy atom. The Balaban J connectivity index is 1.54. The van der Waals surface area contributed by atoms with Crippen LogP contribution in [0.4, 0.5) is 5.13 Å². The molecule has 0 saturated carbocycles. The minimum Gasteiger partial charge on any atom is -0.543 e. The number of hydrogen-bond donors (Lipinski definition) is 3. The molecule has 36 heavy (non-hydrogen) atoms. The molecule has 1 unspecified atom stereocenters. The van der Waals surface area contributed by atoms with Gasteiger partial charge in [0.1, 0.15) is 21.4 Å². The van der Waals surface area contributed by atoms with Crippen LogP contribution in [-0.2, 0) is 30.6 Å². The molecular formula is C20H17ClN6O7S2. The fourth-order valence-corrected chi connectivity index (χ4v) is 5.83. The predicted octanol–water partition coefficient (Wildman–Crippen LogP) is -1.42. The number of halogens is 1. The second-order valence-corrected chi connectivity index (χ2v) is 10.2. The van der Waals surface area contributed by atoms with Crippen molar-refractivity contribution in [2.75, 3.05) is 18.1 Å². The molecule has 1 fully saturated rings. The van der Waals surface area contributed by atoms with Gasteiger partial charge in [-0.2, -0.15) is 0 Å². The number of carboxylic acids is 2. The first-order valence-electron chi connectivity index (χ1n) is 10.1. The maximum atomic E-state index is 13.0. The van der Waals surface area contributed by atoms with Gasteiger partial charge in [-0.25, -0.2) is 14.3 Å². The Bertz CT molecular complexity index is 1300. The molecule has 0 aliphatic carbocycles.